The number of quaternary nitrogens is 1. The molecule has 2 aromatic carbocycles. The van der Waals surface area contributed by atoms with Crippen LogP contribution in [0.4, 0.5) is 10.1 Å². The van der Waals surface area contributed by atoms with Crippen molar-refractivity contribution in [2.75, 3.05) is 38.7 Å². The molecule has 0 aromatic heterocycles. The predicted molar refractivity (Wildman–Crippen MR) is 110 cm³/mol. The van der Waals surface area contributed by atoms with Gasteiger partial charge in [0.2, 0.25) is 0 Å². The number of methoxy groups -OCH3 is 1. The van der Waals surface area contributed by atoms with E-state index in [1.54, 1.807) is 25.3 Å². The lowest BCUT2D eigenvalue weighted by Crippen LogP contribution is -3.14. The molecule has 0 aliphatic heterocycles. The number of carbonyl (C=O) groups excluding carboxylic acids is 2. The van der Waals surface area contributed by atoms with Crippen LogP contribution in [0.1, 0.15) is 16.7 Å². The van der Waals surface area contributed by atoms with Crippen molar-refractivity contribution in [3.63, 3.8) is 0 Å². The smallest absolute Gasteiger partial charge is 0.279 e. The second kappa shape index (κ2) is 11.3. The van der Waals surface area contributed by atoms with Gasteiger partial charge in [0.15, 0.2) is 13.1 Å². The minimum atomic E-state index is -0.357. The summed E-state index contributed by atoms with van der Waals surface area (Å²) in [6.45, 7) is 5.20. The average molecular weight is 402 g/mol. The van der Waals surface area contributed by atoms with E-state index in [2.05, 4.69) is 10.6 Å². The van der Waals surface area contributed by atoms with E-state index in [1.165, 1.54) is 6.07 Å². The molecule has 156 valence electrons. The second-order valence-corrected chi connectivity index (χ2v) is 7.01. The maximum Gasteiger partial charge on any atom is 0.279 e. The number of amides is 2. The van der Waals surface area contributed by atoms with E-state index in [0.717, 1.165) is 21.7 Å². The van der Waals surface area contributed by atoms with Crippen LogP contribution in [-0.2, 0) is 20.9 Å². The third-order valence-electron chi connectivity index (χ3n) is 4.79. The van der Waals surface area contributed by atoms with Crippen molar-refractivity contribution in [1.82, 2.24) is 5.32 Å². The molecule has 0 saturated carbocycles. The van der Waals surface area contributed by atoms with E-state index in [9.17, 15) is 14.0 Å². The average Bonchev–Trinajstić information content (AvgIpc) is 2.69. The number of anilines is 1. The van der Waals surface area contributed by atoms with Gasteiger partial charge < -0.3 is 20.3 Å². The van der Waals surface area contributed by atoms with Crippen LogP contribution in [0.3, 0.4) is 0 Å². The second-order valence-electron chi connectivity index (χ2n) is 7.01. The van der Waals surface area contributed by atoms with Gasteiger partial charge in [-0.05, 0) is 37.1 Å². The first-order valence-electron chi connectivity index (χ1n) is 9.59. The Hall–Kier alpha value is -2.77. The largest absolute Gasteiger partial charge is 0.379 e. The zero-order chi connectivity index (χ0) is 21.2. The van der Waals surface area contributed by atoms with Crippen molar-refractivity contribution in [2.45, 2.75) is 20.4 Å². The first-order valence-corrected chi connectivity index (χ1v) is 9.59. The van der Waals surface area contributed by atoms with E-state index >= 15 is 0 Å². The highest BCUT2D eigenvalue weighted by Crippen LogP contribution is 2.17. The molecule has 0 radical (unpaired) electrons. The number of ether oxygens (including phenoxy) is 1. The summed E-state index contributed by atoms with van der Waals surface area (Å²) in [5.41, 5.74) is 3.30. The van der Waals surface area contributed by atoms with Crippen molar-refractivity contribution < 1.29 is 23.6 Å². The van der Waals surface area contributed by atoms with Gasteiger partial charge in [-0.3, -0.25) is 9.59 Å². The Morgan fingerprint density at radius 2 is 1.76 bits per heavy atom. The molecule has 2 amide bonds. The monoisotopic (exact) mass is 402 g/mol. The Balaban J connectivity index is 1.92. The number of hydrogen-bond acceptors (Lipinski definition) is 3. The predicted octanol–water partition coefficient (Wildman–Crippen LogP) is 1.23. The molecule has 0 aliphatic carbocycles. The first-order chi connectivity index (χ1) is 13.9. The Kier molecular flexibility index (Phi) is 8.76. The third kappa shape index (κ3) is 7.29. The van der Waals surface area contributed by atoms with Crippen LogP contribution in [0, 0.1) is 19.7 Å². The zero-order valence-electron chi connectivity index (χ0n) is 17.2. The third-order valence-corrected chi connectivity index (χ3v) is 4.79. The fourth-order valence-electron chi connectivity index (χ4n) is 2.92. The molecule has 0 fully saturated rings. The molecule has 7 heteroatoms. The highest BCUT2D eigenvalue weighted by Gasteiger charge is 2.19. The van der Waals surface area contributed by atoms with Crippen LogP contribution in [0.15, 0.2) is 42.5 Å². The summed E-state index contributed by atoms with van der Waals surface area (Å²) in [7, 11) is 1.58. The highest BCUT2D eigenvalue weighted by molar-refractivity contribution is 5.92. The van der Waals surface area contributed by atoms with Gasteiger partial charge in [-0.2, -0.15) is 0 Å². The summed E-state index contributed by atoms with van der Waals surface area (Å²) in [6, 6.07) is 12.0. The standard InChI is InChI=1S/C22H28FN3O3/c1-16-7-6-10-20(17(16)2)25-22(28)15-26(11-12-29-3)14-21(27)24-13-18-8-4-5-9-19(18)23/h4-10H,11-15H2,1-3H3,(H,24,27)(H,25,28)/p+1. The van der Waals surface area contributed by atoms with Gasteiger partial charge in [0.25, 0.3) is 11.8 Å². The molecule has 29 heavy (non-hydrogen) atoms. The number of hydrogen-bond donors (Lipinski definition) is 3. The maximum atomic E-state index is 13.7. The van der Waals surface area contributed by atoms with Crippen LogP contribution in [0.2, 0.25) is 0 Å². The Labute approximate surface area is 171 Å². The first kappa shape index (κ1) is 22.5. The number of benzene rings is 2. The normalized spacial score (nSPS) is 11.7. The summed E-state index contributed by atoms with van der Waals surface area (Å²) in [6.07, 6.45) is 0. The van der Waals surface area contributed by atoms with E-state index in [4.69, 9.17) is 4.74 Å². The van der Waals surface area contributed by atoms with Crippen LogP contribution in [0.5, 0.6) is 0 Å². The highest BCUT2D eigenvalue weighted by atomic mass is 19.1. The molecule has 2 aromatic rings. The van der Waals surface area contributed by atoms with Gasteiger partial charge in [0, 0.05) is 24.9 Å². The van der Waals surface area contributed by atoms with E-state index in [0.29, 0.717) is 18.7 Å². The molecule has 1 unspecified atom stereocenters. The van der Waals surface area contributed by atoms with Crippen molar-refractivity contribution in [2.24, 2.45) is 0 Å². The van der Waals surface area contributed by atoms with E-state index in [1.807, 2.05) is 32.0 Å². The van der Waals surface area contributed by atoms with Gasteiger partial charge in [-0.1, -0.05) is 30.3 Å². The Morgan fingerprint density at radius 3 is 2.48 bits per heavy atom. The van der Waals surface area contributed by atoms with Crippen molar-refractivity contribution in [3.8, 4) is 0 Å². The Morgan fingerprint density at radius 1 is 1.03 bits per heavy atom. The number of aryl methyl sites for hydroxylation is 1. The zero-order valence-corrected chi connectivity index (χ0v) is 17.2. The molecule has 0 bridgehead atoms. The fraction of sp³-hybridized carbons (Fsp3) is 0.364. The van der Waals surface area contributed by atoms with Gasteiger partial charge in [-0.25, -0.2) is 4.39 Å². The SMILES string of the molecule is COCC[NH+](CC(=O)NCc1ccccc1F)CC(=O)Nc1cccc(C)c1C. The molecule has 3 N–H and O–H groups in total. The van der Waals surface area contributed by atoms with Crippen molar-refractivity contribution >= 4 is 17.5 Å². The van der Waals surface area contributed by atoms with Gasteiger partial charge >= 0.3 is 0 Å². The Bertz CT molecular complexity index is 842. The molecule has 1 atom stereocenters. The summed E-state index contributed by atoms with van der Waals surface area (Å²) < 4.78 is 18.8. The minimum Gasteiger partial charge on any atom is -0.379 e. The van der Waals surface area contributed by atoms with Crippen LogP contribution >= 0.6 is 0 Å². The lowest BCUT2D eigenvalue weighted by Gasteiger charge is -2.19. The molecule has 0 saturated heterocycles. The summed E-state index contributed by atoms with van der Waals surface area (Å²) in [4.78, 5) is 25.6. The molecular formula is C22H29FN3O3+. The number of rotatable bonds is 10. The minimum absolute atomic E-state index is 0.0953. The van der Waals surface area contributed by atoms with Crippen LogP contribution in [-0.4, -0.2) is 45.2 Å². The maximum absolute atomic E-state index is 13.7. The van der Waals surface area contributed by atoms with Crippen molar-refractivity contribution in [1.29, 1.82) is 0 Å². The molecule has 6 nitrogen and oxygen atoms in total. The fourth-order valence-corrected chi connectivity index (χ4v) is 2.92. The lowest BCUT2D eigenvalue weighted by molar-refractivity contribution is -0.884. The van der Waals surface area contributed by atoms with Crippen LogP contribution in [0.25, 0.3) is 0 Å². The molecular weight excluding hydrogens is 373 g/mol. The lowest BCUT2D eigenvalue weighted by atomic mass is 10.1. The quantitative estimate of drug-likeness (QED) is 0.560. The van der Waals surface area contributed by atoms with Crippen molar-refractivity contribution in [3.05, 3.63) is 65.0 Å². The number of carbonyl (C=O) groups is 2. The topological polar surface area (TPSA) is 71.9 Å². The molecule has 0 heterocycles. The molecule has 0 aliphatic rings. The summed E-state index contributed by atoms with van der Waals surface area (Å²) in [5.74, 6) is -0.783. The van der Waals surface area contributed by atoms with E-state index in [-0.39, 0.29) is 37.3 Å². The molecule has 2 rings (SSSR count). The summed E-state index contributed by atoms with van der Waals surface area (Å²) in [5, 5.41) is 5.63. The number of nitrogens with one attached hydrogen (secondary N) is 3. The van der Waals surface area contributed by atoms with Gasteiger partial charge in [0.1, 0.15) is 12.4 Å². The number of halogens is 1. The summed E-state index contributed by atoms with van der Waals surface area (Å²) >= 11 is 0. The van der Waals surface area contributed by atoms with E-state index < -0.39 is 0 Å². The van der Waals surface area contributed by atoms with Crippen LogP contribution < -0.4 is 15.5 Å². The van der Waals surface area contributed by atoms with Gasteiger partial charge in [0.05, 0.1) is 6.61 Å². The van der Waals surface area contributed by atoms with Gasteiger partial charge in [-0.15, -0.1) is 0 Å². The molecule has 0 spiro atoms.